The first-order chi connectivity index (χ1) is 13.2. The molecule has 1 amide bonds. The Hall–Kier alpha value is -3.93. The summed E-state index contributed by atoms with van der Waals surface area (Å²) in [6.45, 7) is 0. The van der Waals surface area contributed by atoms with Crippen LogP contribution >= 0.6 is 0 Å². The number of carbonyl (C=O) groups excluding carboxylic acids is 1. The smallest absolute Gasteiger partial charge is 0.347 e. The average Bonchev–Trinajstić information content (AvgIpc) is 3.20. The van der Waals surface area contributed by atoms with E-state index < -0.39 is 5.63 Å². The lowest BCUT2D eigenvalue weighted by atomic mass is 10.2. The van der Waals surface area contributed by atoms with Gasteiger partial charge >= 0.3 is 5.63 Å². The highest BCUT2D eigenvalue weighted by molar-refractivity contribution is 6.02. The second-order valence-corrected chi connectivity index (χ2v) is 5.74. The number of para-hydroxylation sites is 1. The summed E-state index contributed by atoms with van der Waals surface area (Å²) >= 11 is 0. The number of nitrogens with one attached hydrogen (secondary N) is 1. The number of rotatable bonds is 4. The van der Waals surface area contributed by atoms with Gasteiger partial charge in [0.15, 0.2) is 0 Å². The average molecular weight is 358 g/mol. The van der Waals surface area contributed by atoms with Crippen LogP contribution in [0.4, 0.5) is 5.69 Å². The van der Waals surface area contributed by atoms with E-state index in [0.29, 0.717) is 27.9 Å². The SMILES string of the molecule is O=C(/C=C/c1ccco1)Nc1cccc(-c2nc3ccccc3c(=O)o2)c1. The number of fused-ring (bicyclic) bond motifs is 1. The molecular formula is C21H14N2O4. The molecule has 0 aliphatic heterocycles. The predicted octanol–water partition coefficient (Wildman–Crippen LogP) is 4.10. The van der Waals surface area contributed by atoms with E-state index in [0.717, 1.165) is 0 Å². The number of hydrogen-bond acceptors (Lipinski definition) is 5. The van der Waals surface area contributed by atoms with Crippen molar-refractivity contribution < 1.29 is 13.6 Å². The van der Waals surface area contributed by atoms with Crippen molar-refractivity contribution >= 4 is 28.6 Å². The molecule has 0 fully saturated rings. The third kappa shape index (κ3) is 3.69. The van der Waals surface area contributed by atoms with Crippen molar-refractivity contribution in [3.8, 4) is 11.5 Å². The summed E-state index contributed by atoms with van der Waals surface area (Å²) in [6.07, 6.45) is 4.48. The van der Waals surface area contributed by atoms with Crippen LogP contribution in [0.5, 0.6) is 0 Å². The Morgan fingerprint density at radius 2 is 1.93 bits per heavy atom. The van der Waals surface area contributed by atoms with Crippen molar-refractivity contribution in [2.45, 2.75) is 0 Å². The van der Waals surface area contributed by atoms with Crippen LogP contribution in [0.1, 0.15) is 5.76 Å². The molecule has 132 valence electrons. The lowest BCUT2D eigenvalue weighted by molar-refractivity contribution is -0.111. The molecule has 6 heteroatoms. The molecule has 0 bridgehead atoms. The maximum absolute atomic E-state index is 12.1. The molecule has 2 aromatic carbocycles. The molecule has 2 heterocycles. The van der Waals surface area contributed by atoms with E-state index >= 15 is 0 Å². The van der Waals surface area contributed by atoms with Gasteiger partial charge in [0.1, 0.15) is 5.76 Å². The third-order valence-electron chi connectivity index (χ3n) is 3.85. The number of furan rings is 1. The molecule has 0 atom stereocenters. The lowest BCUT2D eigenvalue weighted by Gasteiger charge is -2.05. The molecule has 0 aliphatic rings. The van der Waals surface area contributed by atoms with Crippen LogP contribution in [0, 0.1) is 0 Å². The van der Waals surface area contributed by atoms with E-state index in [1.54, 1.807) is 66.7 Å². The Kier molecular flexibility index (Phi) is 4.37. The molecule has 0 aliphatic carbocycles. The minimum absolute atomic E-state index is 0.195. The van der Waals surface area contributed by atoms with Crippen molar-refractivity contribution in [1.29, 1.82) is 0 Å². The Morgan fingerprint density at radius 3 is 2.78 bits per heavy atom. The summed E-state index contributed by atoms with van der Waals surface area (Å²) in [7, 11) is 0. The fourth-order valence-electron chi connectivity index (χ4n) is 2.60. The van der Waals surface area contributed by atoms with Gasteiger partial charge in [-0.15, -0.1) is 0 Å². The quantitative estimate of drug-likeness (QED) is 0.555. The zero-order valence-corrected chi connectivity index (χ0v) is 14.1. The summed E-state index contributed by atoms with van der Waals surface area (Å²) in [4.78, 5) is 28.6. The molecule has 6 nitrogen and oxygen atoms in total. The summed E-state index contributed by atoms with van der Waals surface area (Å²) in [6, 6.07) is 17.4. The zero-order chi connectivity index (χ0) is 18.6. The van der Waals surface area contributed by atoms with E-state index in [1.807, 2.05) is 0 Å². The second kappa shape index (κ2) is 7.13. The number of aromatic nitrogens is 1. The van der Waals surface area contributed by atoms with Gasteiger partial charge in [0.25, 0.3) is 0 Å². The van der Waals surface area contributed by atoms with Gasteiger partial charge < -0.3 is 14.2 Å². The molecule has 4 rings (SSSR count). The Labute approximate surface area is 153 Å². The summed E-state index contributed by atoms with van der Waals surface area (Å²) in [5.74, 6) is 0.471. The first kappa shape index (κ1) is 16.5. The topological polar surface area (TPSA) is 85.3 Å². The number of hydrogen-bond donors (Lipinski definition) is 1. The fourth-order valence-corrected chi connectivity index (χ4v) is 2.60. The normalized spacial score (nSPS) is 11.1. The van der Waals surface area contributed by atoms with Crippen LogP contribution in [0.15, 0.2) is 86.6 Å². The number of benzene rings is 2. The van der Waals surface area contributed by atoms with Gasteiger partial charge in [-0.1, -0.05) is 18.2 Å². The molecular weight excluding hydrogens is 344 g/mol. The van der Waals surface area contributed by atoms with E-state index in [4.69, 9.17) is 8.83 Å². The van der Waals surface area contributed by atoms with Crippen molar-refractivity contribution in [2.24, 2.45) is 0 Å². The van der Waals surface area contributed by atoms with Gasteiger partial charge in [0.2, 0.25) is 11.8 Å². The number of anilines is 1. The first-order valence-corrected chi connectivity index (χ1v) is 8.22. The van der Waals surface area contributed by atoms with Crippen molar-refractivity contribution in [3.05, 3.63) is 89.2 Å². The Morgan fingerprint density at radius 1 is 1.04 bits per heavy atom. The number of nitrogens with zero attached hydrogens (tertiary/aromatic N) is 1. The molecule has 2 aromatic heterocycles. The molecule has 0 spiro atoms. The highest BCUT2D eigenvalue weighted by Gasteiger charge is 2.09. The van der Waals surface area contributed by atoms with Gasteiger partial charge in [0, 0.05) is 17.3 Å². The monoisotopic (exact) mass is 358 g/mol. The molecule has 4 aromatic rings. The summed E-state index contributed by atoms with van der Waals surface area (Å²) in [5.41, 5.74) is 1.25. The fraction of sp³-hybridized carbons (Fsp3) is 0. The number of carbonyl (C=O) groups is 1. The highest BCUT2D eigenvalue weighted by Crippen LogP contribution is 2.22. The van der Waals surface area contributed by atoms with Crippen molar-refractivity contribution in [2.75, 3.05) is 5.32 Å². The second-order valence-electron chi connectivity index (χ2n) is 5.74. The predicted molar refractivity (Wildman–Crippen MR) is 102 cm³/mol. The van der Waals surface area contributed by atoms with Crippen molar-refractivity contribution in [1.82, 2.24) is 4.98 Å². The minimum atomic E-state index is -0.452. The lowest BCUT2D eigenvalue weighted by Crippen LogP contribution is -2.08. The molecule has 0 unspecified atom stereocenters. The maximum atomic E-state index is 12.1. The largest absolute Gasteiger partial charge is 0.465 e. The molecule has 0 saturated carbocycles. The zero-order valence-electron chi connectivity index (χ0n) is 14.1. The minimum Gasteiger partial charge on any atom is -0.465 e. The summed E-state index contributed by atoms with van der Waals surface area (Å²) in [5, 5.41) is 3.18. The molecule has 0 radical (unpaired) electrons. The Bertz CT molecular complexity index is 1190. The third-order valence-corrected chi connectivity index (χ3v) is 3.85. The maximum Gasteiger partial charge on any atom is 0.347 e. The Balaban J connectivity index is 1.59. The summed E-state index contributed by atoms with van der Waals surface area (Å²) < 4.78 is 10.5. The van der Waals surface area contributed by atoms with Crippen molar-refractivity contribution in [3.63, 3.8) is 0 Å². The van der Waals surface area contributed by atoms with Crippen LogP contribution in [-0.4, -0.2) is 10.9 Å². The van der Waals surface area contributed by atoms with E-state index in [1.165, 1.54) is 12.3 Å². The van der Waals surface area contributed by atoms with E-state index in [2.05, 4.69) is 10.3 Å². The molecule has 0 saturated heterocycles. The van der Waals surface area contributed by atoms with Crippen LogP contribution in [0.3, 0.4) is 0 Å². The van der Waals surface area contributed by atoms with Crippen LogP contribution in [0.2, 0.25) is 0 Å². The number of amides is 1. The van der Waals surface area contributed by atoms with Crippen LogP contribution in [-0.2, 0) is 4.79 Å². The van der Waals surface area contributed by atoms with Gasteiger partial charge in [-0.05, 0) is 48.5 Å². The van der Waals surface area contributed by atoms with E-state index in [9.17, 15) is 9.59 Å². The van der Waals surface area contributed by atoms with Gasteiger partial charge in [-0.2, -0.15) is 0 Å². The molecule has 27 heavy (non-hydrogen) atoms. The molecule has 1 N–H and O–H groups in total. The van der Waals surface area contributed by atoms with E-state index in [-0.39, 0.29) is 11.8 Å². The highest BCUT2D eigenvalue weighted by atomic mass is 16.4. The van der Waals surface area contributed by atoms with Gasteiger partial charge in [-0.25, -0.2) is 9.78 Å². The van der Waals surface area contributed by atoms with Crippen LogP contribution < -0.4 is 10.9 Å². The van der Waals surface area contributed by atoms with Crippen LogP contribution in [0.25, 0.3) is 28.4 Å². The van der Waals surface area contributed by atoms with Gasteiger partial charge in [-0.3, -0.25) is 4.79 Å². The first-order valence-electron chi connectivity index (χ1n) is 8.22. The standard InChI is InChI=1S/C21H14N2O4/c24-19(11-10-16-7-4-12-26-16)22-15-6-3-5-14(13-15)20-23-18-9-2-1-8-17(18)21(25)27-20/h1-13H,(H,22,24)/b11-10+. The van der Waals surface area contributed by atoms with Gasteiger partial charge in [0.05, 0.1) is 17.2 Å².